The van der Waals surface area contributed by atoms with E-state index in [0.717, 1.165) is 6.07 Å². The van der Waals surface area contributed by atoms with Gasteiger partial charge in [0.15, 0.2) is 16.7 Å². The molecule has 1 aromatic carbocycles. The maximum Gasteiger partial charge on any atom is 0.242 e. The van der Waals surface area contributed by atoms with Crippen LogP contribution in [0.4, 0.5) is 8.78 Å². The van der Waals surface area contributed by atoms with Crippen LogP contribution in [-0.2, 0) is 11.2 Å². The van der Waals surface area contributed by atoms with E-state index in [1.165, 1.54) is 12.1 Å². The minimum absolute atomic E-state index is 0.0396. The van der Waals surface area contributed by atoms with Gasteiger partial charge in [-0.05, 0) is 18.3 Å². The van der Waals surface area contributed by atoms with Crippen molar-refractivity contribution in [2.45, 2.75) is 6.42 Å². The van der Waals surface area contributed by atoms with Crippen molar-refractivity contribution in [3.05, 3.63) is 35.4 Å². The molecule has 0 aliphatic heterocycles. The van der Waals surface area contributed by atoms with Crippen molar-refractivity contribution in [2.75, 3.05) is 0 Å². The Balaban J connectivity index is 2.63. The van der Waals surface area contributed by atoms with E-state index in [1.54, 1.807) is 0 Å². The summed E-state index contributed by atoms with van der Waals surface area (Å²) < 4.78 is 25.9. The molecule has 0 heterocycles. The van der Waals surface area contributed by atoms with E-state index < -0.39 is 17.5 Å². The third-order valence-electron chi connectivity index (χ3n) is 1.71. The molecule has 1 amide bonds. The predicted molar refractivity (Wildman–Crippen MR) is 58.1 cm³/mol. The minimum Gasteiger partial charge on any atom is -0.375 e. The molecule has 0 saturated heterocycles. The second-order valence-electron chi connectivity index (χ2n) is 2.93. The maximum absolute atomic E-state index is 13.1. The molecule has 0 aromatic heterocycles. The fourth-order valence-electron chi connectivity index (χ4n) is 1.03. The number of carbonyl (C=O) groups excluding carboxylic acids is 1. The fraction of sp³-hybridized carbons (Fsp3) is 0.111. The molecule has 1 aromatic rings. The van der Waals surface area contributed by atoms with Gasteiger partial charge in [0.05, 0.1) is 6.42 Å². The topological polar surface area (TPSA) is 67.2 Å². The Morgan fingerprint density at radius 1 is 1.38 bits per heavy atom. The first-order valence-corrected chi connectivity index (χ1v) is 4.68. The quantitative estimate of drug-likeness (QED) is 0.520. The Morgan fingerprint density at radius 2 is 2.06 bits per heavy atom. The molecule has 0 aliphatic carbocycles. The number of rotatable bonds is 2. The molecule has 0 bridgehead atoms. The molecule has 4 nitrogen and oxygen atoms in total. The van der Waals surface area contributed by atoms with E-state index in [2.05, 4.69) is 23.1 Å². The normalized spacial score (nSPS) is 9.62. The number of hydrogen-bond donors (Lipinski definition) is 3. The summed E-state index contributed by atoms with van der Waals surface area (Å²) in [6.07, 6.45) is -0.306. The number of hydrogen-bond acceptors (Lipinski definition) is 2. The van der Waals surface area contributed by atoms with Crippen LogP contribution in [0, 0.1) is 11.6 Å². The largest absolute Gasteiger partial charge is 0.375 e. The van der Waals surface area contributed by atoms with Gasteiger partial charge in [0, 0.05) is 5.56 Å². The Kier molecular flexibility index (Phi) is 4.12. The first-order valence-electron chi connectivity index (χ1n) is 4.28. The molecule has 7 heteroatoms. The van der Waals surface area contributed by atoms with E-state index in [9.17, 15) is 13.6 Å². The summed E-state index contributed by atoms with van der Waals surface area (Å²) in [5.41, 5.74) is 9.35. The van der Waals surface area contributed by atoms with Crippen LogP contribution in [0.2, 0.25) is 0 Å². The Labute approximate surface area is 95.8 Å². The average Bonchev–Trinajstić information content (AvgIpc) is 2.22. The number of thiocarbonyl (C=S) groups is 1. The highest BCUT2D eigenvalue weighted by Gasteiger charge is 2.11. The van der Waals surface area contributed by atoms with E-state index in [-0.39, 0.29) is 17.1 Å². The summed E-state index contributed by atoms with van der Waals surface area (Å²) in [7, 11) is 0. The molecule has 1 rings (SSSR count). The van der Waals surface area contributed by atoms with Crippen LogP contribution in [0.5, 0.6) is 0 Å². The van der Waals surface area contributed by atoms with Crippen LogP contribution < -0.4 is 16.6 Å². The van der Waals surface area contributed by atoms with E-state index in [1.807, 2.05) is 0 Å². The van der Waals surface area contributed by atoms with Crippen LogP contribution in [0.25, 0.3) is 0 Å². The van der Waals surface area contributed by atoms with Crippen molar-refractivity contribution in [3.8, 4) is 0 Å². The molecule has 86 valence electrons. The predicted octanol–water partition coefficient (Wildman–Crippen LogP) is 0.372. The number of nitrogens with two attached hydrogens (primary N) is 1. The van der Waals surface area contributed by atoms with Crippen molar-refractivity contribution in [1.82, 2.24) is 10.9 Å². The lowest BCUT2D eigenvalue weighted by Crippen LogP contribution is -2.45. The van der Waals surface area contributed by atoms with Crippen molar-refractivity contribution < 1.29 is 13.6 Å². The van der Waals surface area contributed by atoms with Crippen LogP contribution >= 0.6 is 12.2 Å². The lowest BCUT2D eigenvalue weighted by Gasteiger charge is -2.06. The molecular formula is C9H9F2N3OS. The van der Waals surface area contributed by atoms with Crippen LogP contribution in [0.1, 0.15) is 5.56 Å². The third-order valence-corrected chi connectivity index (χ3v) is 1.81. The smallest absolute Gasteiger partial charge is 0.242 e. The maximum atomic E-state index is 13.1. The highest BCUT2D eigenvalue weighted by Crippen LogP contribution is 2.11. The van der Waals surface area contributed by atoms with Gasteiger partial charge >= 0.3 is 0 Å². The highest BCUT2D eigenvalue weighted by molar-refractivity contribution is 7.80. The minimum atomic E-state index is -1.03. The number of benzene rings is 1. The Morgan fingerprint density at radius 3 is 2.69 bits per heavy atom. The van der Waals surface area contributed by atoms with Gasteiger partial charge in [0.1, 0.15) is 0 Å². The van der Waals surface area contributed by atoms with Gasteiger partial charge in [-0.3, -0.25) is 15.6 Å². The van der Waals surface area contributed by atoms with Crippen LogP contribution in [-0.4, -0.2) is 11.0 Å². The van der Waals surface area contributed by atoms with E-state index >= 15 is 0 Å². The zero-order valence-corrected chi connectivity index (χ0v) is 8.91. The summed E-state index contributed by atoms with van der Waals surface area (Å²) >= 11 is 4.44. The lowest BCUT2D eigenvalue weighted by atomic mass is 10.1. The van der Waals surface area contributed by atoms with Gasteiger partial charge in [-0.1, -0.05) is 12.1 Å². The van der Waals surface area contributed by atoms with Crippen molar-refractivity contribution >= 4 is 23.2 Å². The Bertz CT molecular complexity index is 425. The number of hydrazine groups is 1. The summed E-state index contributed by atoms with van der Waals surface area (Å²) in [5, 5.41) is -0.118. The van der Waals surface area contributed by atoms with Crippen molar-refractivity contribution in [3.63, 3.8) is 0 Å². The zero-order valence-electron chi connectivity index (χ0n) is 8.09. The Hall–Kier alpha value is -1.76. The standard InChI is InChI=1S/C9H9F2N3OS/c10-6-3-1-2-5(8(6)11)4-7(15)13-14-9(12)16/h1-3H,4H2,(H,13,15)(H3,12,14,16). The third kappa shape index (κ3) is 3.43. The van der Waals surface area contributed by atoms with Gasteiger partial charge < -0.3 is 5.73 Å². The second-order valence-corrected chi connectivity index (χ2v) is 3.37. The molecule has 4 N–H and O–H groups in total. The summed E-state index contributed by atoms with van der Waals surface area (Å²) in [5.74, 6) is -2.60. The van der Waals surface area contributed by atoms with Gasteiger partial charge in [-0.15, -0.1) is 0 Å². The van der Waals surface area contributed by atoms with E-state index in [4.69, 9.17) is 5.73 Å². The molecule has 0 atom stereocenters. The summed E-state index contributed by atoms with van der Waals surface area (Å²) in [4.78, 5) is 11.2. The van der Waals surface area contributed by atoms with Crippen molar-refractivity contribution in [1.29, 1.82) is 0 Å². The van der Waals surface area contributed by atoms with Crippen molar-refractivity contribution in [2.24, 2.45) is 5.73 Å². The van der Waals surface area contributed by atoms with E-state index in [0.29, 0.717) is 0 Å². The molecule has 0 fully saturated rings. The molecule has 16 heavy (non-hydrogen) atoms. The number of amides is 1. The van der Waals surface area contributed by atoms with Crippen LogP contribution in [0.3, 0.4) is 0 Å². The van der Waals surface area contributed by atoms with Crippen LogP contribution in [0.15, 0.2) is 18.2 Å². The first kappa shape index (κ1) is 12.3. The van der Waals surface area contributed by atoms with Gasteiger partial charge in [-0.2, -0.15) is 0 Å². The first-order chi connectivity index (χ1) is 7.50. The lowest BCUT2D eigenvalue weighted by molar-refractivity contribution is -0.121. The second kappa shape index (κ2) is 5.36. The molecule has 0 aliphatic rings. The summed E-state index contributed by atoms with van der Waals surface area (Å²) in [6.45, 7) is 0. The average molecular weight is 245 g/mol. The SMILES string of the molecule is NC(=S)NNC(=O)Cc1cccc(F)c1F. The molecule has 0 radical (unpaired) electrons. The van der Waals surface area contributed by atoms with Gasteiger partial charge in [-0.25, -0.2) is 8.78 Å². The zero-order chi connectivity index (χ0) is 12.1. The molecule has 0 saturated carbocycles. The number of carbonyl (C=O) groups is 1. The fourth-order valence-corrected chi connectivity index (χ4v) is 1.08. The molecular weight excluding hydrogens is 236 g/mol. The molecule has 0 unspecified atom stereocenters. The summed E-state index contributed by atoms with van der Waals surface area (Å²) in [6, 6.07) is 3.62. The monoisotopic (exact) mass is 245 g/mol. The number of nitrogens with one attached hydrogen (secondary N) is 2. The molecule has 0 spiro atoms. The highest BCUT2D eigenvalue weighted by atomic mass is 32.1. The van der Waals surface area contributed by atoms with Gasteiger partial charge in [0.25, 0.3) is 0 Å². The number of halogens is 2. The van der Waals surface area contributed by atoms with Gasteiger partial charge in [0.2, 0.25) is 5.91 Å².